The number of hydrogen-bond acceptors (Lipinski definition) is 4. The molecule has 1 aliphatic heterocycles. The van der Waals surface area contributed by atoms with Crippen molar-refractivity contribution < 1.29 is 4.79 Å². The van der Waals surface area contributed by atoms with E-state index >= 15 is 0 Å². The number of para-hydroxylation sites is 1. The van der Waals surface area contributed by atoms with Gasteiger partial charge < -0.3 is 4.90 Å². The monoisotopic (exact) mass is 262 g/mol. The van der Waals surface area contributed by atoms with Gasteiger partial charge in [0.1, 0.15) is 5.01 Å². The highest BCUT2D eigenvalue weighted by molar-refractivity contribution is 7.80. The average Bonchev–Trinajstić information content (AvgIpc) is 2.86. The van der Waals surface area contributed by atoms with Crippen molar-refractivity contribution in [2.75, 3.05) is 7.05 Å². The minimum absolute atomic E-state index is 0.0140. The largest absolute Gasteiger partial charge is 0.309 e. The van der Waals surface area contributed by atoms with E-state index in [4.69, 9.17) is 12.2 Å². The van der Waals surface area contributed by atoms with Gasteiger partial charge in [-0.05, 0) is 12.1 Å². The van der Waals surface area contributed by atoms with Gasteiger partial charge in [0.2, 0.25) is 5.91 Å². The number of carbonyl (C=O) groups excluding carboxylic acids is 1. The summed E-state index contributed by atoms with van der Waals surface area (Å²) in [5, 5.41) is 0.953. The topological polar surface area (TPSA) is 33.2 Å². The molecule has 1 aromatic heterocycles. The second-order valence-electron chi connectivity index (χ2n) is 4.07. The minimum atomic E-state index is -0.0140. The number of likely N-dealkylation sites (tertiary alicyclic amines) is 1. The van der Waals surface area contributed by atoms with Crippen molar-refractivity contribution in [2.45, 2.75) is 12.3 Å². The maximum absolute atomic E-state index is 11.6. The molecule has 2 heterocycles. The normalized spacial score (nSPS) is 20.5. The highest BCUT2D eigenvalue weighted by Crippen LogP contribution is 2.34. The SMILES string of the molecule is CN1C(=O)CC(c2nc3ccccc3s2)C1=S. The molecular formula is C12H10N2OS2. The zero-order valence-electron chi connectivity index (χ0n) is 9.21. The summed E-state index contributed by atoms with van der Waals surface area (Å²) in [6, 6.07) is 7.99. The number of thiocarbonyl (C=S) groups is 1. The van der Waals surface area contributed by atoms with Gasteiger partial charge in [0, 0.05) is 13.5 Å². The van der Waals surface area contributed by atoms with E-state index < -0.39 is 0 Å². The second kappa shape index (κ2) is 3.85. The Hall–Kier alpha value is -1.33. The van der Waals surface area contributed by atoms with E-state index in [9.17, 15) is 4.79 Å². The molecule has 0 N–H and O–H groups in total. The molecule has 1 unspecified atom stereocenters. The second-order valence-corrected chi connectivity index (χ2v) is 5.55. The predicted molar refractivity (Wildman–Crippen MR) is 72.3 cm³/mol. The fraction of sp³-hybridized carbons (Fsp3) is 0.250. The molecule has 1 amide bonds. The molecule has 17 heavy (non-hydrogen) atoms. The molecule has 5 heteroatoms. The summed E-state index contributed by atoms with van der Waals surface area (Å²) in [5.74, 6) is 0.0687. The van der Waals surface area contributed by atoms with Crippen LogP contribution >= 0.6 is 23.6 Å². The minimum Gasteiger partial charge on any atom is -0.309 e. The van der Waals surface area contributed by atoms with E-state index in [1.54, 1.807) is 23.3 Å². The third kappa shape index (κ3) is 1.66. The van der Waals surface area contributed by atoms with E-state index in [1.165, 1.54) is 0 Å². The van der Waals surface area contributed by atoms with E-state index in [1.807, 2.05) is 24.3 Å². The van der Waals surface area contributed by atoms with Crippen LogP contribution in [0.1, 0.15) is 17.3 Å². The van der Waals surface area contributed by atoms with Crippen LogP contribution in [0.15, 0.2) is 24.3 Å². The van der Waals surface area contributed by atoms with Gasteiger partial charge in [0.05, 0.1) is 21.1 Å². The molecule has 0 bridgehead atoms. The van der Waals surface area contributed by atoms with Crippen LogP contribution in [-0.2, 0) is 4.79 Å². The third-order valence-electron chi connectivity index (χ3n) is 2.99. The van der Waals surface area contributed by atoms with Crippen molar-refractivity contribution in [3.63, 3.8) is 0 Å². The molecule has 3 nitrogen and oxygen atoms in total. The standard InChI is InChI=1S/C12H10N2OS2/c1-14-10(15)6-7(12(14)16)11-13-8-4-2-3-5-9(8)17-11/h2-5,7H,6H2,1H3. The first-order valence-corrected chi connectivity index (χ1v) is 6.55. The maximum atomic E-state index is 11.6. The Morgan fingerprint density at radius 3 is 2.88 bits per heavy atom. The fourth-order valence-corrected chi connectivity index (χ4v) is 3.43. The number of carbonyl (C=O) groups is 1. The number of rotatable bonds is 1. The van der Waals surface area contributed by atoms with Crippen LogP contribution < -0.4 is 0 Å². The Morgan fingerprint density at radius 2 is 2.24 bits per heavy atom. The quantitative estimate of drug-likeness (QED) is 0.741. The number of likely N-dealkylation sites (N-methyl/N-ethyl adjacent to an activating group) is 1. The van der Waals surface area contributed by atoms with Gasteiger partial charge in [0.15, 0.2) is 0 Å². The molecule has 1 aliphatic rings. The Bertz CT molecular complexity index is 587. The number of aromatic nitrogens is 1. The number of nitrogens with zero attached hydrogens (tertiary/aromatic N) is 2. The van der Waals surface area contributed by atoms with Gasteiger partial charge in [-0.2, -0.15) is 0 Å². The first-order valence-electron chi connectivity index (χ1n) is 5.32. The lowest BCUT2D eigenvalue weighted by molar-refractivity contribution is -0.124. The Balaban J connectivity index is 2.05. The lowest BCUT2D eigenvalue weighted by Crippen LogP contribution is -2.23. The Kier molecular flexibility index (Phi) is 2.45. The molecule has 0 aliphatic carbocycles. The number of amides is 1. The molecule has 1 saturated heterocycles. The fourth-order valence-electron chi connectivity index (χ4n) is 1.99. The Morgan fingerprint density at radius 1 is 1.47 bits per heavy atom. The summed E-state index contributed by atoms with van der Waals surface area (Å²) >= 11 is 6.92. The van der Waals surface area contributed by atoms with Crippen LogP contribution in [0.5, 0.6) is 0 Å². The van der Waals surface area contributed by atoms with Crippen molar-refractivity contribution in [2.24, 2.45) is 0 Å². The van der Waals surface area contributed by atoms with Crippen LogP contribution in [0.4, 0.5) is 0 Å². The molecule has 1 atom stereocenters. The summed E-state index contributed by atoms with van der Waals surface area (Å²) in [6.45, 7) is 0. The van der Waals surface area contributed by atoms with Gasteiger partial charge in [-0.1, -0.05) is 24.4 Å². The van der Waals surface area contributed by atoms with Crippen molar-refractivity contribution in [1.29, 1.82) is 0 Å². The van der Waals surface area contributed by atoms with E-state index in [-0.39, 0.29) is 11.8 Å². The van der Waals surface area contributed by atoms with Crippen LogP contribution in [0.25, 0.3) is 10.2 Å². The lowest BCUT2D eigenvalue weighted by Gasteiger charge is -2.09. The summed E-state index contributed by atoms with van der Waals surface area (Å²) in [5.41, 5.74) is 0.984. The molecule has 0 radical (unpaired) electrons. The van der Waals surface area contributed by atoms with E-state index in [0.717, 1.165) is 15.2 Å². The third-order valence-corrected chi connectivity index (χ3v) is 4.70. The van der Waals surface area contributed by atoms with Gasteiger partial charge in [-0.3, -0.25) is 4.79 Å². The zero-order valence-corrected chi connectivity index (χ0v) is 10.8. The predicted octanol–water partition coefficient (Wildman–Crippen LogP) is 2.57. The molecule has 0 saturated carbocycles. The molecule has 0 spiro atoms. The molecule has 3 rings (SSSR count). The molecule has 1 aromatic carbocycles. The highest BCUT2D eigenvalue weighted by Gasteiger charge is 2.35. The maximum Gasteiger partial charge on any atom is 0.228 e. The first kappa shape index (κ1) is 10.8. The highest BCUT2D eigenvalue weighted by atomic mass is 32.1. The lowest BCUT2D eigenvalue weighted by atomic mass is 10.1. The number of hydrogen-bond donors (Lipinski definition) is 0. The first-order chi connectivity index (χ1) is 8.16. The number of fused-ring (bicyclic) bond motifs is 1. The van der Waals surface area contributed by atoms with Crippen molar-refractivity contribution in [1.82, 2.24) is 9.88 Å². The van der Waals surface area contributed by atoms with E-state index in [0.29, 0.717) is 11.4 Å². The average molecular weight is 262 g/mol. The molecule has 2 aromatic rings. The zero-order chi connectivity index (χ0) is 12.0. The summed E-state index contributed by atoms with van der Waals surface area (Å²) in [4.78, 5) is 18.4. The van der Waals surface area contributed by atoms with Gasteiger partial charge >= 0.3 is 0 Å². The molecule has 86 valence electrons. The van der Waals surface area contributed by atoms with Gasteiger partial charge in [-0.15, -0.1) is 11.3 Å². The van der Waals surface area contributed by atoms with Crippen LogP contribution in [0, 0.1) is 0 Å². The number of thiazole rings is 1. The molecular weight excluding hydrogens is 252 g/mol. The molecule has 1 fully saturated rings. The van der Waals surface area contributed by atoms with Crippen molar-refractivity contribution >= 4 is 44.7 Å². The summed E-state index contributed by atoms with van der Waals surface area (Å²) in [6.07, 6.45) is 0.454. The Labute approximate surface area is 108 Å². The number of benzene rings is 1. The van der Waals surface area contributed by atoms with Crippen molar-refractivity contribution in [3.05, 3.63) is 29.3 Å². The van der Waals surface area contributed by atoms with Crippen molar-refractivity contribution in [3.8, 4) is 0 Å². The summed E-state index contributed by atoms with van der Waals surface area (Å²) in [7, 11) is 1.73. The van der Waals surface area contributed by atoms with Gasteiger partial charge in [-0.25, -0.2) is 4.98 Å². The van der Waals surface area contributed by atoms with Crippen LogP contribution in [0.2, 0.25) is 0 Å². The van der Waals surface area contributed by atoms with Crippen LogP contribution in [0.3, 0.4) is 0 Å². The van der Waals surface area contributed by atoms with Crippen LogP contribution in [-0.4, -0.2) is 27.8 Å². The van der Waals surface area contributed by atoms with E-state index in [2.05, 4.69) is 4.98 Å². The summed E-state index contributed by atoms with van der Waals surface area (Å²) < 4.78 is 1.15. The smallest absolute Gasteiger partial charge is 0.228 e. The van der Waals surface area contributed by atoms with Gasteiger partial charge in [0.25, 0.3) is 0 Å².